The second-order valence-electron chi connectivity index (χ2n) is 7.10. The highest BCUT2D eigenvalue weighted by molar-refractivity contribution is 6.08. The minimum Gasteiger partial charge on any atom is -0.456 e. The van der Waals surface area contributed by atoms with Crippen LogP contribution in [0.15, 0.2) is 30.3 Å². The van der Waals surface area contributed by atoms with Gasteiger partial charge in [0, 0.05) is 5.56 Å². The number of amides is 2. The third-order valence-electron chi connectivity index (χ3n) is 5.77. The van der Waals surface area contributed by atoms with Gasteiger partial charge in [-0.3, -0.25) is 24.1 Å². The molecule has 0 spiro atoms. The van der Waals surface area contributed by atoms with Crippen molar-refractivity contribution in [1.82, 2.24) is 4.90 Å². The summed E-state index contributed by atoms with van der Waals surface area (Å²) in [7, 11) is 0. The van der Waals surface area contributed by atoms with E-state index < -0.39 is 19.1 Å². The number of imide groups is 1. The molecule has 2 aliphatic carbocycles. The predicted octanol–water partition coefficient (Wildman–Crippen LogP) is 1.44. The minimum absolute atomic E-state index is 0.242. The van der Waals surface area contributed by atoms with Gasteiger partial charge in [-0.15, -0.1) is 0 Å². The van der Waals surface area contributed by atoms with Crippen LogP contribution in [0.3, 0.4) is 0 Å². The fourth-order valence-electron chi connectivity index (χ4n) is 4.65. The maximum Gasteiger partial charge on any atom is 0.326 e. The molecule has 2 saturated carbocycles. The number of carbonyl (C=O) groups excluding carboxylic acids is 4. The SMILES string of the molecule is O=C(CN1C(=O)[C@H]2[C@@H]3CC[C@@H](C3)[C@@H]2C1=O)OCC(=O)c1ccccc1. The lowest BCUT2D eigenvalue weighted by Gasteiger charge is -2.19. The number of likely N-dealkylation sites (tertiary alicyclic amines) is 1. The average Bonchev–Trinajstić information content (AvgIpc) is 3.30. The van der Waals surface area contributed by atoms with Crippen molar-refractivity contribution < 1.29 is 23.9 Å². The summed E-state index contributed by atoms with van der Waals surface area (Å²) in [5, 5.41) is 0. The van der Waals surface area contributed by atoms with Crippen molar-refractivity contribution in [2.75, 3.05) is 13.2 Å². The number of carbonyl (C=O) groups is 4. The number of hydrogen-bond donors (Lipinski definition) is 0. The number of esters is 1. The molecule has 0 aromatic heterocycles. The molecule has 3 aliphatic rings. The second kappa shape index (κ2) is 6.10. The third-order valence-corrected chi connectivity index (χ3v) is 5.77. The summed E-state index contributed by atoms with van der Waals surface area (Å²) < 4.78 is 4.97. The van der Waals surface area contributed by atoms with Crippen LogP contribution >= 0.6 is 0 Å². The smallest absolute Gasteiger partial charge is 0.326 e. The van der Waals surface area contributed by atoms with Crippen molar-refractivity contribution in [2.24, 2.45) is 23.7 Å². The molecule has 2 amide bonds. The van der Waals surface area contributed by atoms with Gasteiger partial charge in [0.25, 0.3) is 0 Å². The molecule has 1 aromatic carbocycles. The Morgan fingerprint density at radius 1 is 1.00 bits per heavy atom. The van der Waals surface area contributed by atoms with E-state index in [-0.39, 0.29) is 41.3 Å². The summed E-state index contributed by atoms with van der Waals surface area (Å²) in [6, 6.07) is 8.52. The van der Waals surface area contributed by atoms with Crippen LogP contribution in [0, 0.1) is 23.7 Å². The predicted molar refractivity (Wildman–Crippen MR) is 86.3 cm³/mol. The van der Waals surface area contributed by atoms with Gasteiger partial charge in [0.1, 0.15) is 6.54 Å². The molecule has 1 saturated heterocycles. The third kappa shape index (κ3) is 2.65. The first-order valence-corrected chi connectivity index (χ1v) is 8.65. The first-order valence-electron chi connectivity index (χ1n) is 8.65. The van der Waals surface area contributed by atoms with Gasteiger partial charge in [0.15, 0.2) is 12.4 Å². The molecule has 1 heterocycles. The minimum atomic E-state index is -0.724. The lowest BCUT2D eigenvalue weighted by Crippen LogP contribution is -2.38. The van der Waals surface area contributed by atoms with Crippen molar-refractivity contribution >= 4 is 23.6 Å². The maximum absolute atomic E-state index is 12.5. The zero-order chi connectivity index (χ0) is 17.6. The van der Waals surface area contributed by atoms with Gasteiger partial charge < -0.3 is 4.74 Å². The summed E-state index contributed by atoms with van der Waals surface area (Å²) in [4.78, 5) is 50.0. The highest BCUT2D eigenvalue weighted by Gasteiger charge is 2.61. The average molecular weight is 341 g/mol. The number of fused-ring (bicyclic) bond motifs is 5. The first-order chi connectivity index (χ1) is 12.1. The molecule has 6 heteroatoms. The largest absolute Gasteiger partial charge is 0.456 e. The molecule has 0 unspecified atom stereocenters. The van der Waals surface area contributed by atoms with Gasteiger partial charge in [-0.2, -0.15) is 0 Å². The van der Waals surface area contributed by atoms with Crippen molar-refractivity contribution in [2.45, 2.75) is 19.3 Å². The number of Topliss-reactive ketones (excluding diaryl/α,β-unsaturated/α-hetero) is 1. The number of benzene rings is 1. The Bertz CT molecular complexity index is 715. The molecule has 130 valence electrons. The monoisotopic (exact) mass is 341 g/mol. The van der Waals surface area contributed by atoms with E-state index in [4.69, 9.17) is 4.74 Å². The molecule has 4 rings (SSSR count). The van der Waals surface area contributed by atoms with Gasteiger partial charge in [-0.05, 0) is 31.1 Å². The van der Waals surface area contributed by atoms with E-state index in [2.05, 4.69) is 0 Å². The molecule has 4 atom stereocenters. The van der Waals surface area contributed by atoms with E-state index in [9.17, 15) is 19.2 Å². The summed E-state index contributed by atoms with van der Waals surface area (Å²) in [6.07, 6.45) is 2.94. The van der Waals surface area contributed by atoms with Crippen molar-refractivity contribution in [3.8, 4) is 0 Å². The number of ether oxygens (including phenoxy) is 1. The normalized spacial score (nSPS) is 29.8. The van der Waals surface area contributed by atoms with Gasteiger partial charge in [-0.25, -0.2) is 0 Å². The number of hydrogen-bond acceptors (Lipinski definition) is 5. The second-order valence-corrected chi connectivity index (χ2v) is 7.10. The van der Waals surface area contributed by atoms with Gasteiger partial charge in [-0.1, -0.05) is 30.3 Å². The van der Waals surface area contributed by atoms with E-state index in [1.54, 1.807) is 30.3 Å². The Balaban J connectivity index is 1.35. The van der Waals surface area contributed by atoms with Crippen LogP contribution in [-0.2, 0) is 19.1 Å². The number of nitrogens with zero attached hydrogens (tertiary/aromatic N) is 1. The topological polar surface area (TPSA) is 80.8 Å². The van der Waals surface area contributed by atoms with Crippen LogP contribution in [0.1, 0.15) is 29.6 Å². The Kier molecular flexibility index (Phi) is 3.90. The van der Waals surface area contributed by atoms with E-state index in [1.165, 1.54) is 0 Å². The maximum atomic E-state index is 12.5. The molecule has 3 fully saturated rings. The highest BCUT2D eigenvalue weighted by atomic mass is 16.5. The summed E-state index contributed by atoms with van der Waals surface area (Å²) in [5.74, 6) is -1.45. The Morgan fingerprint density at radius 3 is 2.20 bits per heavy atom. The molecule has 25 heavy (non-hydrogen) atoms. The molecule has 2 bridgehead atoms. The van der Waals surface area contributed by atoms with Crippen LogP contribution in [0.4, 0.5) is 0 Å². The molecule has 0 radical (unpaired) electrons. The molecule has 0 N–H and O–H groups in total. The van der Waals surface area contributed by atoms with Crippen LogP contribution in [0.2, 0.25) is 0 Å². The van der Waals surface area contributed by atoms with E-state index in [1.807, 2.05) is 0 Å². The van der Waals surface area contributed by atoms with Gasteiger partial charge >= 0.3 is 5.97 Å². The van der Waals surface area contributed by atoms with E-state index >= 15 is 0 Å². The molecule has 1 aromatic rings. The van der Waals surface area contributed by atoms with Crippen molar-refractivity contribution in [3.63, 3.8) is 0 Å². The zero-order valence-electron chi connectivity index (χ0n) is 13.7. The van der Waals surface area contributed by atoms with Gasteiger partial charge in [0.2, 0.25) is 11.8 Å². The Hall–Kier alpha value is -2.50. The van der Waals surface area contributed by atoms with Crippen molar-refractivity contribution in [1.29, 1.82) is 0 Å². The summed E-state index contributed by atoms with van der Waals surface area (Å²) >= 11 is 0. The van der Waals surface area contributed by atoms with E-state index in [0.29, 0.717) is 5.56 Å². The van der Waals surface area contributed by atoms with Crippen LogP contribution in [0.5, 0.6) is 0 Å². The van der Waals surface area contributed by atoms with Crippen molar-refractivity contribution in [3.05, 3.63) is 35.9 Å². The lowest BCUT2D eigenvalue weighted by atomic mass is 9.81. The first kappa shape index (κ1) is 16.0. The quantitative estimate of drug-likeness (QED) is 0.460. The molecule has 6 nitrogen and oxygen atoms in total. The Morgan fingerprint density at radius 2 is 1.60 bits per heavy atom. The molecular weight excluding hydrogens is 322 g/mol. The zero-order valence-corrected chi connectivity index (χ0v) is 13.7. The lowest BCUT2D eigenvalue weighted by molar-refractivity contribution is -0.152. The van der Waals surface area contributed by atoms with E-state index in [0.717, 1.165) is 24.2 Å². The number of ketones is 1. The highest BCUT2D eigenvalue weighted by Crippen LogP contribution is 2.56. The summed E-state index contributed by atoms with van der Waals surface area (Å²) in [5.41, 5.74) is 0.453. The molecule has 1 aliphatic heterocycles. The van der Waals surface area contributed by atoms with Crippen LogP contribution in [0.25, 0.3) is 0 Å². The summed E-state index contributed by atoms with van der Waals surface area (Å²) in [6.45, 7) is -0.788. The fourth-order valence-corrected chi connectivity index (χ4v) is 4.65. The fraction of sp³-hybridized carbons (Fsp3) is 0.474. The van der Waals surface area contributed by atoms with Gasteiger partial charge in [0.05, 0.1) is 11.8 Å². The number of rotatable bonds is 5. The van der Waals surface area contributed by atoms with Crippen LogP contribution in [-0.4, -0.2) is 41.6 Å². The van der Waals surface area contributed by atoms with Crippen LogP contribution < -0.4 is 0 Å². The molecular formula is C19H19NO5. The standard InChI is InChI=1S/C19H19NO5/c21-14(11-4-2-1-3-5-11)10-25-15(22)9-20-18(23)16-12-6-7-13(8-12)17(16)19(20)24/h1-5,12-13,16-17H,6-10H2/t12-,13+,16-,17-/m0/s1. The Labute approximate surface area is 145 Å².